The average molecular weight is 498 g/mol. The van der Waals surface area contributed by atoms with E-state index in [4.69, 9.17) is 16.3 Å². The van der Waals surface area contributed by atoms with Crippen LogP contribution in [0.4, 0.5) is 5.69 Å². The molecule has 4 rings (SSSR count). The van der Waals surface area contributed by atoms with Crippen molar-refractivity contribution in [2.24, 2.45) is 0 Å². The van der Waals surface area contributed by atoms with Crippen molar-refractivity contribution in [1.82, 2.24) is 10.2 Å². The van der Waals surface area contributed by atoms with Crippen molar-refractivity contribution in [3.05, 3.63) is 77.0 Å². The van der Waals surface area contributed by atoms with E-state index in [9.17, 15) is 9.59 Å². The minimum atomic E-state index is -0.787. The lowest BCUT2D eigenvalue weighted by atomic mass is 10.1. The number of para-hydroxylation sites is 1. The highest BCUT2D eigenvalue weighted by molar-refractivity contribution is 7.10. The van der Waals surface area contributed by atoms with E-state index in [1.807, 2.05) is 52.7 Å². The number of nitrogens with one attached hydrogen (secondary N) is 1. The second-order valence-corrected chi connectivity index (χ2v) is 9.68. The van der Waals surface area contributed by atoms with Gasteiger partial charge in [0.15, 0.2) is 0 Å². The van der Waals surface area contributed by atoms with Gasteiger partial charge in [-0.3, -0.25) is 14.5 Å². The molecule has 0 radical (unpaired) electrons. The molecule has 1 aromatic heterocycles. The van der Waals surface area contributed by atoms with Crippen molar-refractivity contribution < 1.29 is 14.3 Å². The van der Waals surface area contributed by atoms with E-state index in [2.05, 4.69) is 19.2 Å². The molecule has 1 aliphatic rings. The zero-order valence-electron chi connectivity index (χ0n) is 19.2. The van der Waals surface area contributed by atoms with E-state index in [0.717, 1.165) is 10.6 Å². The number of piperazine rings is 1. The quantitative estimate of drug-likeness (QED) is 0.463. The molecule has 6 nitrogen and oxygen atoms in total. The number of anilines is 1. The molecule has 2 aromatic carbocycles. The molecule has 34 heavy (non-hydrogen) atoms. The van der Waals surface area contributed by atoms with E-state index < -0.39 is 6.04 Å². The number of hydrogen-bond acceptors (Lipinski definition) is 5. The highest BCUT2D eigenvalue weighted by Crippen LogP contribution is 2.34. The average Bonchev–Trinajstić information content (AvgIpc) is 3.37. The van der Waals surface area contributed by atoms with Gasteiger partial charge in [0.2, 0.25) is 5.91 Å². The summed E-state index contributed by atoms with van der Waals surface area (Å²) >= 11 is 7.49. The Hall–Kier alpha value is -2.87. The monoisotopic (exact) mass is 497 g/mol. The van der Waals surface area contributed by atoms with Gasteiger partial charge in [0.05, 0.1) is 0 Å². The van der Waals surface area contributed by atoms with Crippen LogP contribution in [0.1, 0.15) is 24.8 Å². The van der Waals surface area contributed by atoms with Crippen LogP contribution in [0.2, 0.25) is 0 Å². The summed E-state index contributed by atoms with van der Waals surface area (Å²) in [6.07, 6.45) is 0. The first-order chi connectivity index (χ1) is 16.5. The van der Waals surface area contributed by atoms with Gasteiger partial charge in [-0.1, -0.05) is 24.3 Å². The summed E-state index contributed by atoms with van der Waals surface area (Å²) in [6.45, 7) is 5.28. The maximum absolute atomic E-state index is 13.9. The predicted octanol–water partition coefficient (Wildman–Crippen LogP) is 5.06. The lowest BCUT2D eigenvalue weighted by molar-refractivity contribution is -0.136. The molecule has 1 aliphatic heterocycles. The van der Waals surface area contributed by atoms with E-state index in [-0.39, 0.29) is 29.8 Å². The second-order valence-electron chi connectivity index (χ2n) is 8.44. The van der Waals surface area contributed by atoms with E-state index in [1.54, 1.807) is 24.3 Å². The highest BCUT2D eigenvalue weighted by Gasteiger charge is 2.37. The van der Waals surface area contributed by atoms with Crippen LogP contribution in [-0.4, -0.2) is 47.8 Å². The van der Waals surface area contributed by atoms with Crippen molar-refractivity contribution >= 4 is 40.4 Å². The molecule has 0 aliphatic carbocycles. The standard InChI is InChI=1S/C26H28ClN3O3S/c1-18-16-29(17-19(2)28-18)26(32)25(23-9-6-14-34-23)30(24(31)15-27)20-10-12-22(13-11-20)33-21-7-4-3-5-8-21/h3-14,18-19,25,28H,15-17H2,1-2H3/t18-,19+,25-/m0/s1. The molecule has 3 atom stereocenters. The Balaban J connectivity index is 1.66. The molecule has 2 heterocycles. The molecule has 0 unspecified atom stereocenters. The number of nitrogens with zero attached hydrogens (tertiary/aromatic N) is 2. The van der Waals surface area contributed by atoms with Crippen LogP contribution in [0.25, 0.3) is 0 Å². The minimum absolute atomic E-state index is 0.106. The normalized spacial score (nSPS) is 18.9. The third kappa shape index (κ3) is 5.60. The number of hydrogen-bond donors (Lipinski definition) is 1. The number of carbonyl (C=O) groups is 2. The summed E-state index contributed by atoms with van der Waals surface area (Å²) in [4.78, 5) is 31.2. The van der Waals surface area contributed by atoms with Gasteiger partial charge < -0.3 is 15.0 Å². The maximum atomic E-state index is 13.9. The summed E-state index contributed by atoms with van der Waals surface area (Å²) < 4.78 is 5.89. The number of rotatable bonds is 7. The van der Waals surface area contributed by atoms with Crippen molar-refractivity contribution in [1.29, 1.82) is 0 Å². The van der Waals surface area contributed by atoms with Gasteiger partial charge in [-0.05, 0) is 61.7 Å². The van der Waals surface area contributed by atoms with E-state index >= 15 is 0 Å². The van der Waals surface area contributed by atoms with Crippen LogP contribution in [0.3, 0.4) is 0 Å². The number of ether oxygens (including phenoxy) is 1. The Morgan fingerprint density at radius 3 is 2.26 bits per heavy atom. The topological polar surface area (TPSA) is 61.9 Å². The van der Waals surface area contributed by atoms with Gasteiger partial charge in [-0.25, -0.2) is 0 Å². The maximum Gasteiger partial charge on any atom is 0.251 e. The smallest absolute Gasteiger partial charge is 0.251 e. The molecule has 8 heteroatoms. The fourth-order valence-corrected chi connectivity index (χ4v) is 5.22. The number of alkyl halides is 1. The first-order valence-electron chi connectivity index (χ1n) is 11.3. The molecule has 2 amide bonds. The molecule has 0 spiro atoms. The summed E-state index contributed by atoms with van der Waals surface area (Å²) in [5.74, 6) is 0.688. The van der Waals surface area contributed by atoms with Crippen molar-refractivity contribution in [3.8, 4) is 11.5 Å². The largest absolute Gasteiger partial charge is 0.457 e. The molecule has 178 valence electrons. The Kier molecular flexibility index (Phi) is 7.88. The van der Waals surface area contributed by atoms with Crippen LogP contribution < -0.4 is 15.0 Å². The lowest BCUT2D eigenvalue weighted by Gasteiger charge is -2.40. The first-order valence-corrected chi connectivity index (χ1v) is 12.7. The molecule has 3 aromatic rings. The Labute approximate surface area is 209 Å². The van der Waals surface area contributed by atoms with Crippen LogP contribution in [-0.2, 0) is 9.59 Å². The van der Waals surface area contributed by atoms with Crippen LogP contribution in [0, 0.1) is 0 Å². The van der Waals surface area contributed by atoms with E-state index in [1.165, 1.54) is 16.2 Å². The van der Waals surface area contributed by atoms with Gasteiger partial charge in [-0.15, -0.1) is 22.9 Å². The fraction of sp³-hybridized carbons (Fsp3) is 0.308. The van der Waals surface area contributed by atoms with Crippen molar-refractivity contribution in [3.63, 3.8) is 0 Å². The van der Waals surface area contributed by atoms with Gasteiger partial charge in [0.1, 0.15) is 23.4 Å². The third-order valence-corrected chi connectivity index (χ3v) is 6.80. The highest BCUT2D eigenvalue weighted by atomic mass is 35.5. The molecule has 1 saturated heterocycles. The van der Waals surface area contributed by atoms with Gasteiger partial charge in [0.25, 0.3) is 5.91 Å². The molecule has 1 N–H and O–H groups in total. The zero-order valence-corrected chi connectivity index (χ0v) is 20.8. The van der Waals surface area contributed by atoms with E-state index in [0.29, 0.717) is 24.5 Å². The first kappa shape index (κ1) is 24.3. The number of carbonyl (C=O) groups excluding carboxylic acids is 2. The molecule has 1 fully saturated rings. The summed E-state index contributed by atoms with van der Waals surface area (Å²) in [6, 6.07) is 20.0. The van der Waals surface area contributed by atoms with Crippen molar-refractivity contribution in [2.75, 3.05) is 23.9 Å². The number of amides is 2. The van der Waals surface area contributed by atoms with Crippen LogP contribution in [0.5, 0.6) is 11.5 Å². The minimum Gasteiger partial charge on any atom is -0.457 e. The van der Waals surface area contributed by atoms with Gasteiger partial charge in [-0.2, -0.15) is 0 Å². The lowest BCUT2D eigenvalue weighted by Crippen LogP contribution is -2.58. The van der Waals surface area contributed by atoms with Gasteiger partial charge in [0, 0.05) is 35.7 Å². The Morgan fingerprint density at radius 2 is 1.68 bits per heavy atom. The van der Waals surface area contributed by atoms with Crippen LogP contribution in [0.15, 0.2) is 72.1 Å². The zero-order chi connectivity index (χ0) is 24.1. The molecule has 0 bridgehead atoms. The molecular weight excluding hydrogens is 470 g/mol. The SMILES string of the molecule is C[C@@H]1CN(C(=O)[C@H](c2cccs2)N(C(=O)CCl)c2ccc(Oc3ccccc3)cc2)C[C@H](C)N1. The molecular formula is C26H28ClN3O3S. The van der Waals surface area contributed by atoms with Crippen molar-refractivity contribution in [2.45, 2.75) is 32.0 Å². The summed E-state index contributed by atoms with van der Waals surface area (Å²) in [5.41, 5.74) is 0.592. The fourth-order valence-electron chi connectivity index (χ4n) is 4.29. The number of thiophene rings is 1. The summed E-state index contributed by atoms with van der Waals surface area (Å²) in [7, 11) is 0. The second kappa shape index (κ2) is 11.0. The Bertz CT molecular complexity index is 1080. The van der Waals surface area contributed by atoms with Crippen LogP contribution >= 0.6 is 22.9 Å². The number of benzene rings is 2. The summed E-state index contributed by atoms with van der Waals surface area (Å²) in [5, 5.41) is 5.37. The predicted molar refractivity (Wildman–Crippen MR) is 137 cm³/mol. The van der Waals surface area contributed by atoms with Gasteiger partial charge >= 0.3 is 0 Å². The number of halogens is 1. The molecule has 0 saturated carbocycles. The third-order valence-electron chi connectivity index (χ3n) is 5.65. The Morgan fingerprint density at radius 1 is 1.03 bits per heavy atom.